The maximum atomic E-state index is 14.7. The van der Waals surface area contributed by atoms with Crippen LogP contribution in [0.5, 0.6) is 5.75 Å². The van der Waals surface area contributed by atoms with E-state index in [4.69, 9.17) is 4.74 Å². The van der Waals surface area contributed by atoms with Gasteiger partial charge in [0.15, 0.2) is 11.6 Å². The number of rotatable bonds is 14. The zero-order chi connectivity index (χ0) is 23.3. The molecular weight excluding hydrogens is 414 g/mol. The molecule has 0 atom stereocenters. The van der Waals surface area contributed by atoms with Gasteiger partial charge in [-0.25, -0.2) is 4.39 Å². The molecule has 0 unspecified atom stereocenters. The van der Waals surface area contributed by atoms with Crippen molar-refractivity contribution in [1.29, 1.82) is 0 Å². The first-order valence-corrected chi connectivity index (χ1v) is 12.5. The van der Waals surface area contributed by atoms with Gasteiger partial charge in [-0.05, 0) is 35.2 Å². The van der Waals surface area contributed by atoms with E-state index >= 15 is 0 Å². The molecule has 0 N–H and O–H groups in total. The Bertz CT molecular complexity index is 951. The van der Waals surface area contributed by atoms with Gasteiger partial charge in [0, 0.05) is 5.56 Å². The first kappa shape index (κ1) is 25.0. The third-order valence-electron chi connectivity index (χ3n) is 6.11. The molecule has 0 saturated carbocycles. The van der Waals surface area contributed by atoms with Gasteiger partial charge in [0.1, 0.15) is 0 Å². The molecule has 0 bridgehead atoms. The normalized spacial score (nSPS) is 11.0. The molecule has 0 amide bonds. The fraction of sp³-hybridized carbons (Fsp3) is 0.400. The van der Waals surface area contributed by atoms with E-state index in [-0.39, 0.29) is 11.3 Å². The van der Waals surface area contributed by atoms with Crippen LogP contribution in [0.1, 0.15) is 71.1 Å². The van der Waals surface area contributed by atoms with Crippen LogP contribution in [0.4, 0.5) is 8.78 Å². The van der Waals surface area contributed by atoms with E-state index in [0.717, 1.165) is 24.0 Å². The second-order valence-electron chi connectivity index (χ2n) is 8.71. The summed E-state index contributed by atoms with van der Waals surface area (Å²) in [6.07, 6.45) is 12.3. The molecule has 0 spiro atoms. The molecule has 0 aromatic heterocycles. The number of benzene rings is 3. The van der Waals surface area contributed by atoms with Crippen LogP contribution in [0, 0.1) is 11.6 Å². The Morgan fingerprint density at radius 1 is 0.545 bits per heavy atom. The Hall–Kier alpha value is -2.68. The maximum absolute atomic E-state index is 14.7. The standard InChI is InChI=1S/C30H36F2O/c1-2-3-4-5-6-7-8-9-10-14-23-33-28-22-21-27(29(31)30(28)32)26-19-17-25(18-20-26)24-15-12-11-13-16-24/h11-13,15-22H,2-10,14,23H2,1H3. The minimum absolute atomic E-state index is 0.00641. The number of unbranched alkanes of at least 4 members (excludes halogenated alkanes) is 9. The predicted octanol–water partition coefficient (Wildman–Crippen LogP) is 9.60. The minimum Gasteiger partial charge on any atom is -0.490 e. The molecule has 0 saturated heterocycles. The van der Waals surface area contributed by atoms with Crippen molar-refractivity contribution in [3.05, 3.63) is 78.4 Å². The van der Waals surface area contributed by atoms with Crippen molar-refractivity contribution >= 4 is 0 Å². The Morgan fingerprint density at radius 2 is 1.09 bits per heavy atom. The van der Waals surface area contributed by atoms with Gasteiger partial charge in [0.2, 0.25) is 5.82 Å². The summed E-state index contributed by atoms with van der Waals surface area (Å²) in [5, 5.41) is 0. The third-order valence-corrected chi connectivity index (χ3v) is 6.11. The zero-order valence-corrected chi connectivity index (χ0v) is 19.8. The third kappa shape index (κ3) is 7.70. The smallest absolute Gasteiger partial charge is 0.201 e. The maximum Gasteiger partial charge on any atom is 0.201 e. The lowest BCUT2D eigenvalue weighted by Crippen LogP contribution is -2.01. The summed E-state index contributed by atoms with van der Waals surface area (Å²) in [6.45, 7) is 2.65. The van der Waals surface area contributed by atoms with Crippen LogP contribution in [0.3, 0.4) is 0 Å². The van der Waals surface area contributed by atoms with Crippen molar-refractivity contribution in [2.24, 2.45) is 0 Å². The highest BCUT2D eigenvalue weighted by Gasteiger charge is 2.16. The first-order valence-electron chi connectivity index (χ1n) is 12.5. The van der Waals surface area contributed by atoms with Crippen LogP contribution in [0.25, 0.3) is 22.3 Å². The van der Waals surface area contributed by atoms with Gasteiger partial charge in [-0.1, -0.05) is 119 Å². The number of halogens is 2. The lowest BCUT2D eigenvalue weighted by Gasteiger charge is -2.11. The van der Waals surface area contributed by atoms with Gasteiger partial charge in [0.05, 0.1) is 6.61 Å². The van der Waals surface area contributed by atoms with Crippen LogP contribution in [0.2, 0.25) is 0 Å². The number of hydrogen-bond donors (Lipinski definition) is 0. The fourth-order valence-corrected chi connectivity index (χ4v) is 4.11. The highest BCUT2D eigenvalue weighted by Crippen LogP contribution is 2.31. The summed E-state index contributed by atoms with van der Waals surface area (Å²) < 4.78 is 34.9. The molecule has 0 radical (unpaired) electrons. The molecule has 176 valence electrons. The molecule has 0 aliphatic heterocycles. The Kier molecular flexibility index (Phi) is 10.4. The molecule has 3 aromatic carbocycles. The summed E-state index contributed by atoms with van der Waals surface area (Å²) in [6, 6.07) is 20.6. The summed E-state index contributed by atoms with van der Waals surface area (Å²) in [7, 11) is 0. The SMILES string of the molecule is CCCCCCCCCCCCOc1ccc(-c2ccc(-c3ccccc3)cc2)c(F)c1F. The van der Waals surface area contributed by atoms with Gasteiger partial charge in [-0.15, -0.1) is 0 Å². The predicted molar refractivity (Wildman–Crippen MR) is 135 cm³/mol. The van der Waals surface area contributed by atoms with E-state index in [1.54, 1.807) is 6.07 Å². The molecule has 0 heterocycles. The molecule has 1 nitrogen and oxygen atoms in total. The van der Waals surface area contributed by atoms with Crippen molar-refractivity contribution in [2.75, 3.05) is 6.61 Å². The Balaban J connectivity index is 1.44. The van der Waals surface area contributed by atoms with E-state index in [0.29, 0.717) is 12.2 Å². The largest absolute Gasteiger partial charge is 0.490 e. The average molecular weight is 451 g/mol. The molecule has 0 fully saturated rings. The van der Waals surface area contributed by atoms with Crippen LogP contribution < -0.4 is 4.74 Å². The van der Waals surface area contributed by atoms with Crippen molar-refractivity contribution in [3.63, 3.8) is 0 Å². The monoisotopic (exact) mass is 450 g/mol. The van der Waals surface area contributed by atoms with Crippen LogP contribution in [-0.2, 0) is 0 Å². The van der Waals surface area contributed by atoms with Crippen molar-refractivity contribution < 1.29 is 13.5 Å². The van der Waals surface area contributed by atoms with Gasteiger partial charge < -0.3 is 4.74 Å². The molecular formula is C30H36F2O. The lowest BCUT2D eigenvalue weighted by atomic mass is 10.00. The van der Waals surface area contributed by atoms with Gasteiger partial charge >= 0.3 is 0 Å². The summed E-state index contributed by atoms with van der Waals surface area (Å²) in [5.74, 6) is -1.78. The van der Waals surface area contributed by atoms with Gasteiger partial charge in [-0.2, -0.15) is 4.39 Å². The van der Waals surface area contributed by atoms with E-state index in [9.17, 15) is 8.78 Å². The van der Waals surface area contributed by atoms with E-state index in [1.165, 1.54) is 57.4 Å². The van der Waals surface area contributed by atoms with Gasteiger partial charge in [0.25, 0.3) is 0 Å². The van der Waals surface area contributed by atoms with E-state index in [1.807, 2.05) is 54.6 Å². The van der Waals surface area contributed by atoms with Crippen LogP contribution in [-0.4, -0.2) is 6.61 Å². The average Bonchev–Trinajstić information content (AvgIpc) is 2.86. The van der Waals surface area contributed by atoms with Crippen molar-refractivity contribution in [3.8, 4) is 28.0 Å². The zero-order valence-electron chi connectivity index (χ0n) is 19.8. The molecule has 3 rings (SSSR count). The summed E-state index contributed by atoms with van der Waals surface area (Å²) in [4.78, 5) is 0. The Labute approximate surface area is 197 Å². The number of ether oxygens (including phenoxy) is 1. The highest BCUT2D eigenvalue weighted by molar-refractivity contribution is 5.71. The Morgan fingerprint density at radius 3 is 1.73 bits per heavy atom. The minimum atomic E-state index is -0.910. The first-order chi connectivity index (χ1) is 16.2. The van der Waals surface area contributed by atoms with Gasteiger partial charge in [-0.3, -0.25) is 0 Å². The van der Waals surface area contributed by atoms with E-state index in [2.05, 4.69) is 6.92 Å². The summed E-state index contributed by atoms with van der Waals surface area (Å²) in [5.41, 5.74) is 3.02. The molecule has 0 aliphatic rings. The van der Waals surface area contributed by atoms with Crippen LogP contribution in [0.15, 0.2) is 66.7 Å². The topological polar surface area (TPSA) is 9.23 Å². The molecule has 3 heteroatoms. The van der Waals surface area contributed by atoms with Crippen molar-refractivity contribution in [1.82, 2.24) is 0 Å². The number of hydrogen-bond acceptors (Lipinski definition) is 1. The lowest BCUT2D eigenvalue weighted by molar-refractivity contribution is 0.285. The molecule has 3 aromatic rings. The second-order valence-corrected chi connectivity index (χ2v) is 8.71. The highest BCUT2D eigenvalue weighted by atomic mass is 19.2. The molecule has 33 heavy (non-hydrogen) atoms. The molecule has 0 aliphatic carbocycles. The van der Waals surface area contributed by atoms with Crippen molar-refractivity contribution in [2.45, 2.75) is 71.1 Å². The second kappa shape index (κ2) is 13.8. The van der Waals surface area contributed by atoms with E-state index < -0.39 is 11.6 Å². The van der Waals surface area contributed by atoms with Crippen LogP contribution >= 0.6 is 0 Å². The fourth-order valence-electron chi connectivity index (χ4n) is 4.11. The quantitative estimate of drug-likeness (QED) is 0.222. The summed E-state index contributed by atoms with van der Waals surface area (Å²) >= 11 is 0.